The second kappa shape index (κ2) is 4.80. The maximum absolute atomic E-state index is 5.36. The van der Waals surface area contributed by atoms with E-state index in [2.05, 4.69) is 25.3 Å². The minimum Gasteiger partial charge on any atom is -0.379 e. The van der Waals surface area contributed by atoms with E-state index in [1.165, 1.54) is 0 Å². The molecule has 60 valence electrons. The second-order valence-corrected chi connectivity index (χ2v) is 4.62. The van der Waals surface area contributed by atoms with Crippen molar-refractivity contribution >= 4 is 37.0 Å². The van der Waals surface area contributed by atoms with Crippen LogP contribution in [0.4, 0.5) is 0 Å². The molecule has 0 aromatic heterocycles. The van der Waals surface area contributed by atoms with Crippen molar-refractivity contribution in [3.63, 3.8) is 0 Å². The van der Waals surface area contributed by atoms with Gasteiger partial charge in [0.25, 0.3) is 0 Å². The molecule has 10 heavy (non-hydrogen) atoms. The van der Waals surface area contributed by atoms with Gasteiger partial charge < -0.3 is 4.74 Å². The predicted molar refractivity (Wildman–Crippen MR) is 53.7 cm³/mol. The highest BCUT2D eigenvalue weighted by atomic mass is 32.2. The Morgan fingerprint density at radius 2 is 1.70 bits per heavy atom. The fourth-order valence-electron chi connectivity index (χ4n) is 0.873. The summed E-state index contributed by atoms with van der Waals surface area (Å²) in [5.74, 6) is 1.82. The summed E-state index contributed by atoms with van der Waals surface area (Å²) in [7, 11) is 0. The van der Waals surface area contributed by atoms with Crippen molar-refractivity contribution in [2.75, 3.05) is 24.7 Å². The van der Waals surface area contributed by atoms with E-state index >= 15 is 0 Å². The van der Waals surface area contributed by atoms with Crippen molar-refractivity contribution in [1.29, 1.82) is 0 Å². The van der Waals surface area contributed by atoms with Crippen molar-refractivity contribution in [2.24, 2.45) is 0 Å². The molecule has 1 aliphatic rings. The van der Waals surface area contributed by atoms with E-state index in [4.69, 9.17) is 4.74 Å². The van der Waals surface area contributed by atoms with Gasteiger partial charge in [-0.2, -0.15) is 25.3 Å². The molecule has 0 spiro atoms. The molecule has 1 fully saturated rings. The first-order valence-electron chi connectivity index (χ1n) is 3.31. The van der Waals surface area contributed by atoms with Crippen LogP contribution in [-0.4, -0.2) is 35.2 Å². The van der Waals surface area contributed by atoms with Gasteiger partial charge in [0.15, 0.2) is 0 Å². The number of hydrogen-bond donors (Lipinski definition) is 2. The molecule has 0 aromatic carbocycles. The highest BCUT2D eigenvalue weighted by Gasteiger charge is 2.20. The third-order valence-electron chi connectivity index (χ3n) is 1.40. The molecular formula is C6H12OS3. The molecule has 1 rings (SSSR count). The summed E-state index contributed by atoms with van der Waals surface area (Å²) in [6.45, 7) is 1.72. The summed E-state index contributed by atoms with van der Waals surface area (Å²) in [5.41, 5.74) is 0. The minimum absolute atomic E-state index is 0.578. The molecule has 0 aromatic rings. The molecular weight excluding hydrogens is 184 g/mol. The zero-order valence-corrected chi connectivity index (χ0v) is 8.30. The van der Waals surface area contributed by atoms with Crippen LogP contribution >= 0.6 is 37.0 Å². The lowest BCUT2D eigenvalue weighted by molar-refractivity contribution is 0.134. The Hall–Kier alpha value is 1.01. The molecule has 1 aliphatic heterocycles. The van der Waals surface area contributed by atoms with Crippen LogP contribution in [0.2, 0.25) is 0 Å². The van der Waals surface area contributed by atoms with E-state index in [1.54, 1.807) is 0 Å². The first-order chi connectivity index (χ1) is 4.86. The van der Waals surface area contributed by atoms with E-state index < -0.39 is 0 Å². The van der Waals surface area contributed by atoms with Crippen LogP contribution in [-0.2, 0) is 4.74 Å². The van der Waals surface area contributed by atoms with Gasteiger partial charge in [-0.05, 0) is 0 Å². The molecule has 0 bridgehead atoms. The Morgan fingerprint density at radius 1 is 1.20 bits per heavy atom. The van der Waals surface area contributed by atoms with Crippen LogP contribution in [0.25, 0.3) is 0 Å². The van der Waals surface area contributed by atoms with Gasteiger partial charge in [-0.3, -0.25) is 0 Å². The molecule has 1 nitrogen and oxygen atoms in total. The molecule has 0 saturated carbocycles. The quantitative estimate of drug-likeness (QED) is 0.645. The van der Waals surface area contributed by atoms with Crippen LogP contribution < -0.4 is 0 Å². The van der Waals surface area contributed by atoms with Gasteiger partial charge in [0.1, 0.15) is 0 Å². The number of rotatable bonds is 2. The molecule has 0 N–H and O–H groups in total. The maximum Gasteiger partial charge on any atom is 0.0593 e. The Morgan fingerprint density at radius 3 is 2.10 bits per heavy atom. The third kappa shape index (κ3) is 2.57. The summed E-state index contributed by atoms with van der Waals surface area (Å²) < 4.78 is 5.36. The molecule has 2 atom stereocenters. The van der Waals surface area contributed by atoms with Crippen LogP contribution in [0.1, 0.15) is 0 Å². The van der Waals surface area contributed by atoms with Crippen molar-refractivity contribution in [1.82, 2.24) is 0 Å². The molecule has 1 heterocycles. The zero-order valence-electron chi connectivity index (χ0n) is 5.69. The second-order valence-electron chi connectivity index (χ2n) is 2.28. The molecule has 0 radical (unpaired) electrons. The van der Waals surface area contributed by atoms with Gasteiger partial charge in [-0.15, -0.1) is 11.8 Å². The zero-order chi connectivity index (χ0) is 7.40. The largest absolute Gasteiger partial charge is 0.379 e. The predicted octanol–water partition coefficient (Wildman–Crippen LogP) is 1.35. The Kier molecular flexibility index (Phi) is 4.37. The third-order valence-corrected chi connectivity index (χ3v) is 4.15. The summed E-state index contributed by atoms with van der Waals surface area (Å²) in [6, 6.07) is 0. The van der Waals surface area contributed by atoms with E-state index in [0.29, 0.717) is 10.5 Å². The van der Waals surface area contributed by atoms with Crippen molar-refractivity contribution in [3.8, 4) is 0 Å². The number of ether oxygens (including phenoxy) is 1. The fraction of sp³-hybridized carbons (Fsp3) is 1.00. The van der Waals surface area contributed by atoms with E-state index in [0.717, 1.165) is 24.7 Å². The lowest BCUT2D eigenvalue weighted by Crippen LogP contribution is -2.29. The Labute approximate surface area is 77.1 Å². The van der Waals surface area contributed by atoms with Gasteiger partial charge in [0.05, 0.1) is 13.2 Å². The molecule has 0 amide bonds. The Bertz CT molecular complexity index is 89.0. The molecule has 2 unspecified atom stereocenters. The van der Waals surface area contributed by atoms with Gasteiger partial charge in [0, 0.05) is 22.0 Å². The number of thiol groups is 2. The van der Waals surface area contributed by atoms with E-state index in [-0.39, 0.29) is 0 Å². The first-order valence-corrected chi connectivity index (χ1v) is 5.52. The van der Waals surface area contributed by atoms with Gasteiger partial charge in [-0.1, -0.05) is 0 Å². The highest BCUT2D eigenvalue weighted by Crippen LogP contribution is 2.24. The summed E-state index contributed by atoms with van der Waals surface area (Å²) in [5, 5.41) is 1.16. The number of thioether (sulfide) groups is 1. The highest BCUT2D eigenvalue weighted by molar-refractivity contribution is 8.01. The van der Waals surface area contributed by atoms with Crippen LogP contribution in [0.3, 0.4) is 0 Å². The van der Waals surface area contributed by atoms with Crippen LogP contribution in [0, 0.1) is 0 Å². The van der Waals surface area contributed by atoms with Gasteiger partial charge >= 0.3 is 0 Å². The summed E-state index contributed by atoms with van der Waals surface area (Å²) in [6.07, 6.45) is 0. The smallest absolute Gasteiger partial charge is 0.0593 e. The van der Waals surface area contributed by atoms with E-state index in [1.807, 2.05) is 11.8 Å². The molecule has 4 heteroatoms. The summed E-state index contributed by atoms with van der Waals surface area (Å²) in [4.78, 5) is 0. The average molecular weight is 196 g/mol. The van der Waals surface area contributed by atoms with Crippen LogP contribution in [0.15, 0.2) is 0 Å². The maximum atomic E-state index is 5.36. The molecule has 0 aliphatic carbocycles. The van der Waals surface area contributed by atoms with Crippen molar-refractivity contribution < 1.29 is 4.74 Å². The Balaban J connectivity index is 2.25. The van der Waals surface area contributed by atoms with E-state index in [9.17, 15) is 0 Å². The monoisotopic (exact) mass is 196 g/mol. The summed E-state index contributed by atoms with van der Waals surface area (Å²) >= 11 is 10.4. The normalized spacial score (nSPS) is 34.2. The first kappa shape index (κ1) is 9.10. The fourth-order valence-corrected chi connectivity index (χ4v) is 2.67. The van der Waals surface area contributed by atoms with Crippen molar-refractivity contribution in [2.45, 2.75) is 10.5 Å². The lowest BCUT2D eigenvalue weighted by atomic mass is 10.4. The standard InChI is InChI=1S/C6H12OS3/c8-3-5-1-7-2-6(4-9)10-5/h5-6,8-9H,1-4H2. The van der Waals surface area contributed by atoms with Gasteiger partial charge in [-0.25, -0.2) is 0 Å². The van der Waals surface area contributed by atoms with Gasteiger partial charge in [0.2, 0.25) is 0 Å². The molecule has 1 saturated heterocycles. The topological polar surface area (TPSA) is 9.23 Å². The van der Waals surface area contributed by atoms with Crippen LogP contribution in [0.5, 0.6) is 0 Å². The number of hydrogen-bond acceptors (Lipinski definition) is 4. The van der Waals surface area contributed by atoms with Crippen molar-refractivity contribution in [3.05, 3.63) is 0 Å². The lowest BCUT2D eigenvalue weighted by Gasteiger charge is -2.26. The SMILES string of the molecule is SCC1COCC(CS)S1. The average Bonchev–Trinajstić information content (AvgIpc) is 2.05. The minimum atomic E-state index is 0.578.